The molecule has 1 aliphatic carbocycles. The molecule has 1 N–H and O–H groups in total. The number of fused-ring (bicyclic) bond motifs is 1. The normalized spacial score (nSPS) is 25.7. The molecule has 1 aliphatic heterocycles. The van der Waals surface area contributed by atoms with Crippen LogP contribution in [0.4, 0.5) is 5.13 Å². The molecule has 1 aromatic rings. The quantitative estimate of drug-likeness (QED) is 0.851. The van der Waals surface area contributed by atoms with E-state index in [0.29, 0.717) is 5.13 Å². The molecule has 1 saturated heterocycles. The monoisotopic (exact) mass is 293 g/mol. The van der Waals surface area contributed by atoms with E-state index in [2.05, 4.69) is 10.3 Å². The van der Waals surface area contributed by atoms with E-state index in [1.807, 2.05) is 0 Å². The Balaban J connectivity index is 1.66. The molecular formula is C13H15N3O3S. The first-order valence-corrected chi connectivity index (χ1v) is 7.59. The molecule has 0 bridgehead atoms. The number of likely N-dealkylation sites (tertiary alicyclic amines) is 1. The van der Waals surface area contributed by atoms with Crippen molar-refractivity contribution in [3.63, 3.8) is 0 Å². The van der Waals surface area contributed by atoms with Crippen LogP contribution < -0.4 is 5.32 Å². The SMILES string of the molecule is O=C(CN1C(=O)[C@@H]2CCCC[C@H]2C1=O)Nc1nccs1. The number of aromatic nitrogens is 1. The summed E-state index contributed by atoms with van der Waals surface area (Å²) in [5.74, 6) is -1.16. The number of nitrogens with zero attached hydrogens (tertiary/aromatic N) is 2. The van der Waals surface area contributed by atoms with E-state index in [1.54, 1.807) is 11.6 Å². The Morgan fingerprint density at radius 2 is 1.95 bits per heavy atom. The van der Waals surface area contributed by atoms with Crippen LogP contribution in [-0.2, 0) is 14.4 Å². The standard InChI is InChI=1S/C13H15N3O3S/c17-10(15-13-14-5-6-20-13)7-16-11(18)8-3-1-2-4-9(8)12(16)19/h5-6,8-9H,1-4,7H2,(H,14,15,17)/t8-,9-/m1/s1. The predicted octanol–water partition coefficient (Wildman–Crippen LogP) is 1.26. The van der Waals surface area contributed by atoms with Gasteiger partial charge in [0, 0.05) is 11.6 Å². The summed E-state index contributed by atoms with van der Waals surface area (Å²) in [6.07, 6.45) is 5.08. The molecule has 2 fully saturated rings. The van der Waals surface area contributed by atoms with E-state index in [0.717, 1.165) is 30.6 Å². The molecule has 0 unspecified atom stereocenters. The van der Waals surface area contributed by atoms with Crippen molar-refractivity contribution in [3.05, 3.63) is 11.6 Å². The van der Waals surface area contributed by atoms with Crippen LogP contribution in [0.5, 0.6) is 0 Å². The second-order valence-corrected chi connectivity index (χ2v) is 6.04. The number of nitrogens with one attached hydrogen (secondary N) is 1. The van der Waals surface area contributed by atoms with Crippen LogP contribution in [0.1, 0.15) is 25.7 Å². The van der Waals surface area contributed by atoms with E-state index in [4.69, 9.17) is 0 Å². The average molecular weight is 293 g/mol. The lowest BCUT2D eigenvalue weighted by Gasteiger charge is -2.19. The number of hydrogen-bond acceptors (Lipinski definition) is 5. The number of imide groups is 1. The Hall–Kier alpha value is -1.76. The first-order chi connectivity index (χ1) is 9.66. The second-order valence-electron chi connectivity index (χ2n) is 5.15. The molecular weight excluding hydrogens is 278 g/mol. The molecule has 1 saturated carbocycles. The minimum Gasteiger partial charge on any atom is -0.300 e. The molecule has 6 nitrogen and oxygen atoms in total. The fraction of sp³-hybridized carbons (Fsp3) is 0.538. The van der Waals surface area contributed by atoms with Crippen LogP contribution >= 0.6 is 11.3 Å². The van der Waals surface area contributed by atoms with Gasteiger partial charge in [-0.15, -0.1) is 11.3 Å². The zero-order valence-corrected chi connectivity index (χ0v) is 11.7. The number of hydrogen-bond donors (Lipinski definition) is 1. The van der Waals surface area contributed by atoms with Crippen molar-refractivity contribution in [2.75, 3.05) is 11.9 Å². The van der Waals surface area contributed by atoms with Gasteiger partial charge in [-0.3, -0.25) is 19.3 Å². The van der Waals surface area contributed by atoms with Gasteiger partial charge in [-0.25, -0.2) is 4.98 Å². The summed E-state index contributed by atoms with van der Waals surface area (Å²) >= 11 is 1.30. The van der Waals surface area contributed by atoms with E-state index < -0.39 is 0 Å². The van der Waals surface area contributed by atoms with E-state index >= 15 is 0 Å². The minimum atomic E-state index is -0.375. The number of thiazole rings is 1. The Morgan fingerprint density at radius 3 is 2.50 bits per heavy atom. The largest absolute Gasteiger partial charge is 0.300 e. The Bertz CT molecular complexity index is 519. The van der Waals surface area contributed by atoms with Crippen molar-refractivity contribution in [2.24, 2.45) is 11.8 Å². The van der Waals surface area contributed by atoms with E-state index in [1.165, 1.54) is 11.3 Å². The lowest BCUT2D eigenvalue weighted by Crippen LogP contribution is -2.38. The van der Waals surface area contributed by atoms with Gasteiger partial charge in [0.25, 0.3) is 0 Å². The third-order valence-electron chi connectivity index (χ3n) is 3.91. The highest BCUT2D eigenvalue weighted by atomic mass is 32.1. The van der Waals surface area contributed by atoms with Crippen LogP contribution in [0.15, 0.2) is 11.6 Å². The number of amides is 3. The van der Waals surface area contributed by atoms with Crippen molar-refractivity contribution in [2.45, 2.75) is 25.7 Å². The molecule has 0 spiro atoms. The molecule has 106 valence electrons. The van der Waals surface area contributed by atoms with Crippen LogP contribution in [0, 0.1) is 11.8 Å². The zero-order valence-electron chi connectivity index (χ0n) is 10.9. The maximum atomic E-state index is 12.2. The molecule has 2 heterocycles. The average Bonchev–Trinajstić information content (AvgIpc) is 3.03. The lowest BCUT2D eigenvalue weighted by atomic mass is 9.81. The highest BCUT2D eigenvalue weighted by molar-refractivity contribution is 7.13. The summed E-state index contributed by atoms with van der Waals surface area (Å²) < 4.78 is 0. The molecule has 20 heavy (non-hydrogen) atoms. The van der Waals surface area contributed by atoms with Gasteiger partial charge in [0.2, 0.25) is 17.7 Å². The Labute approximate surface area is 120 Å². The number of carbonyl (C=O) groups excluding carboxylic acids is 3. The molecule has 1 aromatic heterocycles. The molecule has 0 radical (unpaired) electrons. The van der Waals surface area contributed by atoms with Crippen LogP contribution in [-0.4, -0.2) is 34.2 Å². The summed E-state index contributed by atoms with van der Waals surface area (Å²) in [5.41, 5.74) is 0. The highest BCUT2D eigenvalue weighted by Gasteiger charge is 2.48. The van der Waals surface area contributed by atoms with Gasteiger partial charge in [0.15, 0.2) is 5.13 Å². The fourth-order valence-corrected chi connectivity index (χ4v) is 3.52. The maximum absolute atomic E-state index is 12.2. The van der Waals surface area contributed by atoms with Crippen molar-refractivity contribution >= 4 is 34.2 Å². The highest BCUT2D eigenvalue weighted by Crippen LogP contribution is 2.37. The summed E-state index contributed by atoms with van der Waals surface area (Å²) in [4.78, 5) is 41.3. The summed E-state index contributed by atoms with van der Waals surface area (Å²) in [5, 5.41) is 4.82. The Kier molecular flexibility index (Phi) is 3.52. The van der Waals surface area contributed by atoms with Crippen molar-refractivity contribution in [3.8, 4) is 0 Å². The maximum Gasteiger partial charge on any atom is 0.246 e. The molecule has 0 aromatic carbocycles. The Morgan fingerprint density at radius 1 is 1.30 bits per heavy atom. The smallest absolute Gasteiger partial charge is 0.246 e. The lowest BCUT2D eigenvalue weighted by molar-refractivity contribution is -0.142. The van der Waals surface area contributed by atoms with E-state index in [9.17, 15) is 14.4 Å². The third kappa shape index (κ3) is 2.33. The zero-order chi connectivity index (χ0) is 14.1. The number of rotatable bonds is 3. The van der Waals surface area contributed by atoms with Gasteiger partial charge in [0.05, 0.1) is 11.8 Å². The predicted molar refractivity (Wildman–Crippen MR) is 72.9 cm³/mol. The van der Waals surface area contributed by atoms with Crippen LogP contribution in [0.3, 0.4) is 0 Å². The van der Waals surface area contributed by atoms with Gasteiger partial charge < -0.3 is 5.32 Å². The summed E-state index contributed by atoms with van der Waals surface area (Å²) in [6, 6.07) is 0. The van der Waals surface area contributed by atoms with Crippen molar-refractivity contribution in [1.82, 2.24) is 9.88 Å². The molecule has 3 amide bonds. The first-order valence-electron chi connectivity index (χ1n) is 6.71. The van der Waals surface area contributed by atoms with Gasteiger partial charge >= 0.3 is 0 Å². The van der Waals surface area contributed by atoms with Crippen molar-refractivity contribution < 1.29 is 14.4 Å². The molecule has 2 atom stereocenters. The van der Waals surface area contributed by atoms with Gasteiger partial charge in [-0.05, 0) is 12.8 Å². The van der Waals surface area contributed by atoms with Crippen molar-refractivity contribution in [1.29, 1.82) is 0 Å². The minimum absolute atomic E-state index is 0.186. The van der Waals surface area contributed by atoms with Gasteiger partial charge in [-0.2, -0.15) is 0 Å². The topological polar surface area (TPSA) is 79.4 Å². The summed E-state index contributed by atoms with van der Waals surface area (Å²) in [7, 11) is 0. The molecule has 3 rings (SSSR count). The third-order valence-corrected chi connectivity index (χ3v) is 4.60. The second kappa shape index (κ2) is 5.32. The molecule has 2 aliphatic rings. The number of carbonyl (C=O) groups is 3. The fourth-order valence-electron chi connectivity index (χ4n) is 2.97. The molecule has 7 heteroatoms. The van der Waals surface area contributed by atoms with Gasteiger partial charge in [-0.1, -0.05) is 12.8 Å². The number of anilines is 1. The summed E-state index contributed by atoms with van der Waals surface area (Å²) in [6.45, 7) is -0.204. The van der Waals surface area contributed by atoms with Crippen LogP contribution in [0.2, 0.25) is 0 Å². The van der Waals surface area contributed by atoms with Crippen LogP contribution in [0.25, 0.3) is 0 Å². The van der Waals surface area contributed by atoms with E-state index in [-0.39, 0.29) is 36.1 Å². The van der Waals surface area contributed by atoms with Gasteiger partial charge in [0.1, 0.15) is 6.54 Å². The first kappa shape index (κ1) is 13.2.